The average Bonchev–Trinajstić information content (AvgIpc) is 2.40. The topological polar surface area (TPSA) is 52.6 Å². The number of nitrogens with zero attached hydrogens (tertiary/aromatic N) is 1. The van der Waals surface area contributed by atoms with Gasteiger partial charge in [-0.05, 0) is 26.8 Å². The quantitative estimate of drug-likeness (QED) is 0.702. The Morgan fingerprint density at radius 1 is 1.15 bits per heavy atom. The normalized spacial score (nSPS) is 11.6. The lowest BCUT2D eigenvalue weighted by atomic mass is 10.1. The van der Waals surface area contributed by atoms with Crippen molar-refractivity contribution in [1.29, 1.82) is 0 Å². The summed E-state index contributed by atoms with van der Waals surface area (Å²) < 4.78 is 15.9. The van der Waals surface area contributed by atoms with Crippen molar-refractivity contribution < 1.29 is 14.2 Å². The molecule has 0 aliphatic heterocycles. The maximum atomic E-state index is 5.67. The zero-order valence-corrected chi connectivity index (χ0v) is 12.9. The third kappa shape index (κ3) is 7.43. The number of ether oxygens (including phenoxy) is 3. The molecule has 20 heavy (non-hydrogen) atoms. The highest BCUT2D eigenvalue weighted by Crippen LogP contribution is 2.15. The summed E-state index contributed by atoms with van der Waals surface area (Å²) in [5, 5.41) is 3.43. The number of hydrogen-bond donors (Lipinski definition) is 1. The van der Waals surface area contributed by atoms with Crippen molar-refractivity contribution in [3.05, 3.63) is 23.9 Å². The highest BCUT2D eigenvalue weighted by atomic mass is 16.5. The zero-order chi connectivity index (χ0) is 14.8. The van der Waals surface area contributed by atoms with Crippen molar-refractivity contribution in [3.63, 3.8) is 0 Å². The van der Waals surface area contributed by atoms with Crippen LogP contribution in [0, 0.1) is 0 Å². The second kappa shape index (κ2) is 8.89. The van der Waals surface area contributed by atoms with Crippen LogP contribution in [0.25, 0.3) is 0 Å². The van der Waals surface area contributed by atoms with E-state index in [9.17, 15) is 0 Å². The van der Waals surface area contributed by atoms with Crippen LogP contribution in [0.15, 0.2) is 18.3 Å². The van der Waals surface area contributed by atoms with Gasteiger partial charge in [0.25, 0.3) is 0 Å². The van der Waals surface area contributed by atoms with Crippen LogP contribution in [-0.2, 0) is 16.0 Å². The minimum Gasteiger partial charge on any atom is -0.475 e. The van der Waals surface area contributed by atoms with E-state index in [1.807, 2.05) is 12.1 Å². The molecule has 114 valence electrons. The first-order valence-electron chi connectivity index (χ1n) is 6.91. The molecule has 1 aromatic heterocycles. The Balaban J connectivity index is 2.37. The predicted octanol–water partition coefficient (Wildman–Crippen LogP) is 2.01. The van der Waals surface area contributed by atoms with Crippen LogP contribution in [0.5, 0.6) is 5.88 Å². The summed E-state index contributed by atoms with van der Waals surface area (Å²) in [6, 6.07) is 3.94. The fourth-order valence-electron chi connectivity index (χ4n) is 1.49. The van der Waals surface area contributed by atoms with E-state index in [-0.39, 0.29) is 5.54 Å². The lowest BCUT2D eigenvalue weighted by Gasteiger charge is -2.21. The van der Waals surface area contributed by atoms with Crippen LogP contribution < -0.4 is 10.1 Å². The number of pyridine rings is 1. The molecule has 0 saturated carbocycles. The summed E-state index contributed by atoms with van der Waals surface area (Å²) in [5.41, 5.74) is 1.12. The van der Waals surface area contributed by atoms with Gasteiger partial charge in [0, 0.05) is 31.0 Å². The molecular weight excluding hydrogens is 256 g/mol. The lowest BCUT2D eigenvalue weighted by molar-refractivity contribution is 0.0535. The molecule has 1 heterocycles. The number of nitrogens with one attached hydrogen (secondary N) is 1. The standard InChI is InChI=1S/C15H26N2O3/c1-15(2,3)17-12-13-6-5-7-16-14(13)20-11-10-19-9-8-18-4/h5-7,17H,8-12H2,1-4H3. The smallest absolute Gasteiger partial charge is 0.217 e. The molecule has 5 nitrogen and oxygen atoms in total. The summed E-state index contributed by atoms with van der Waals surface area (Å²) in [5.74, 6) is 0.666. The van der Waals surface area contributed by atoms with Crippen molar-refractivity contribution in [3.8, 4) is 5.88 Å². The Bertz CT molecular complexity index is 378. The third-order valence-electron chi connectivity index (χ3n) is 2.56. The van der Waals surface area contributed by atoms with Crippen molar-refractivity contribution >= 4 is 0 Å². The van der Waals surface area contributed by atoms with E-state index in [0.717, 1.165) is 12.1 Å². The Morgan fingerprint density at radius 2 is 1.90 bits per heavy atom. The van der Waals surface area contributed by atoms with Gasteiger partial charge in [0.05, 0.1) is 19.8 Å². The molecule has 0 aromatic carbocycles. The molecular formula is C15H26N2O3. The van der Waals surface area contributed by atoms with E-state index < -0.39 is 0 Å². The molecule has 0 bridgehead atoms. The first kappa shape index (κ1) is 16.9. The molecule has 0 unspecified atom stereocenters. The number of rotatable bonds is 9. The number of methoxy groups -OCH3 is 1. The Morgan fingerprint density at radius 3 is 2.60 bits per heavy atom. The fraction of sp³-hybridized carbons (Fsp3) is 0.667. The van der Waals surface area contributed by atoms with Gasteiger partial charge in [0.15, 0.2) is 0 Å². The van der Waals surface area contributed by atoms with Gasteiger partial charge in [0.1, 0.15) is 6.61 Å². The van der Waals surface area contributed by atoms with Gasteiger partial charge in [-0.1, -0.05) is 6.07 Å². The number of aromatic nitrogens is 1. The van der Waals surface area contributed by atoms with Gasteiger partial charge in [-0.15, -0.1) is 0 Å². The van der Waals surface area contributed by atoms with Gasteiger partial charge in [-0.2, -0.15) is 0 Å². The zero-order valence-electron chi connectivity index (χ0n) is 12.9. The molecule has 0 atom stereocenters. The maximum absolute atomic E-state index is 5.67. The summed E-state index contributed by atoms with van der Waals surface area (Å²) in [4.78, 5) is 4.27. The lowest BCUT2D eigenvalue weighted by Crippen LogP contribution is -2.35. The molecule has 0 fully saturated rings. The second-order valence-corrected chi connectivity index (χ2v) is 5.52. The van der Waals surface area contributed by atoms with Crippen LogP contribution in [0.4, 0.5) is 0 Å². The monoisotopic (exact) mass is 282 g/mol. The van der Waals surface area contributed by atoms with Crippen LogP contribution in [-0.4, -0.2) is 44.1 Å². The highest BCUT2D eigenvalue weighted by Gasteiger charge is 2.11. The van der Waals surface area contributed by atoms with E-state index in [4.69, 9.17) is 14.2 Å². The molecule has 0 radical (unpaired) electrons. The summed E-state index contributed by atoms with van der Waals surface area (Å²) in [6.07, 6.45) is 1.74. The Kier molecular flexibility index (Phi) is 7.51. The highest BCUT2D eigenvalue weighted by molar-refractivity contribution is 5.25. The Hall–Kier alpha value is -1.17. The van der Waals surface area contributed by atoms with Crippen LogP contribution >= 0.6 is 0 Å². The third-order valence-corrected chi connectivity index (χ3v) is 2.56. The molecule has 5 heteroatoms. The Labute approximate surface area is 121 Å². The summed E-state index contributed by atoms with van der Waals surface area (Å²) >= 11 is 0. The van der Waals surface area contributed by atoms with Crippen LogP contribution in [0.2, 0.25) is 0 Å². The van der Waals surface area contributed by atoms with E-state index in [1.165, 1.54) is 0 Å². The molecule has 0 aliphatic carbocycles. The molecule has 0 amide bonds. The van der Waals surface area contributed by atoms with Gasteiger partial charge in [0.2, 0.25) is 5.88 Å². The summed E-state index contributed by atoms with van der Waals surface area (Å²) in [6.45, 7) is 9.34. The molecule has 0 aliphatic rings. The largest absolute Gasteiger partial charge is 0.475 e. The fourth-order valence-corrected chi connectivity index (χ4v) is 1.49. The molecule has 1 rings (SSSR count). The van der Waals surface area contributed by atoms with Crippen molar-refractivity contribution in [1.82, 2.24) is 10.3 Å². The minimum absolute atomic E-state index is 0.0658. The maximum Gasteiger partial charge on any atom is 0.217 e. The SMILES string of the molecule is COCCOCCOc1ncccc1CNC(C)(C)C. The number of hydrogen-bond acceptors (Lipinski definition) is 5. The van der Waals surface area contributed by atoms with Crippen LogP contribution in [0.3, 0.4) is 0 Å². The molecule has 0 spiro atoms. The first-order valence-corrected chi connectivity index (χ1v) is 6.91. The van der Waals surface area contributed by atoms with E-state index >= 15 is 0 Å². The van der Waals surface area contributed by atoms with E-state index in [2.05, 4.69) is 31.1 Å². The second-order valence-electron chi connectivity index (χ2n) is 5.52. The minimum atomic E-state index is 0.0658. The van der Waals surface area contributed by atoms with Crippen molar-refractivity contribution in [2.24, 2.45) is 0 Å². The van der Waals surface area contributed by atoms with Gasteiger partial charge < -0.3 is 19.5 Å². The molecule has 0 saturated heterocycles. The predicted molar refractivity (Wildman–Crippen MR) is 79.0 cm³/mol. The van der Waals surface area contributed by atoms with Crippen molar-refractivity contribution in [2.45, 2.75) is 32.9 Å². The summed E-state index contributed by atoms with van der Waals surface area (Å²) in [7, 11) is 1.66. The van der Waals surface area contributed by atoms with Gasteiger partial charge >= 0.3 is 0 Å². The van der Waals surface area contributed by atoms with Crippen LogP contribution in [0.1, 0.15) is 26.3 Å². The first-order chi connectivity index (χ1) is 9.53. The molecule has 1 N–H and O–H groups in total. The van der Waals surface area contributed by atoms with Crippen molar-refractivity contribution in [2.75, 3.05) is 33.5 Å². The van der Waals surface area contributed by atoms with E-state index in [0.29, 0.717) is 32.3 Å². The van der Waals surface area contributed by atoms with Gasteiger partial charge in [-0.25, -0.2) is 4.98 Å². The van der Waals surface area contributed by atoms with E-state index in [1.54, 1.807) is 13.3 Å². The van der Waals surface area contributed by atoms with Gasteiger partial charge in [-0.3, -0.25) is 0 Å². The average molecular weight is 282 g/mol. The molecule has 1 aromatic rings.